The molecule has 0 radical (unpaired) electrons. The summed E-state index contributed by atoms with van der Waals surface area (Å²) in [6, 6.07) is 9.96. The van der Waals surface area contributed by atoms with Crippen molar-refractivity contribution < 1.29 is 27.1 Å². The molecule has 1 saturated carbocycles. The normalized spacial score (nSPS) is 16.2. The summed E-state index contributed by atoms with van der Waals surface area (Å²) in [6.45, 7) is 4.82. The first-order chi connectivity index (χ1) is 18.6. The first-order valence-electron chi connectivity index (χ1n) is 13.4. The fraction of sp³-hybridized carbons (Fsp3) is 0.433. The third kappa shape index (κ3) is 6.23. The molecule has 206 valence electrons. The Morgan fingerprint density at radius 2 is 1.95 bits per heavy atom. The fourth-order valence-corrected chi connectivity index (χ4v) is 5.21. The highest BCUT2D eigenvalue weighted by molar-refractivity contribution is 5.98. The molecule has 5 rings (SSSR count). The second-order valence-electron chi connectivity index (χ2n) is 10.4. The smallest absolute Gasteiger partial charge is 0.435 e. The molecule has 0 spiro atoms. The van der Waals surface area contributed by atoms with Crippen LogP contribution in [0.2, 0.25) is 0 Å². The SMILES string of the molecule is CCn1cc(-c2cc(CCC3=NCCO3)cc(C(=O)C[C@H](c3ccc(F)c(C)c3)C3CC3)c2)c(C(F)(F)F)n1. The van der Waals surface area contributed by atoms with Crippen molar-refractivity contribution in [3.8, 4) is 11.1 Å². The Hall–Kier alpha value is -3.49. The Kier molecular flexibility index (Phi) is 7.60. The summed E-state index contributed by atoms with van der Waals surface area (Å²) in [5.74, 6) is 0.435. The van der Waals surface area contributed by atoms with E-state index in [4.69, 9.17) is 4.74 Å². The number of rotatable bonds is 10. The molecule has 5 nitrogen and oxygen atoms in total. The van der Waals surface area contributed by atoms with E-state index in [0.29, 0.717) is 54.5 Å². The minimum atomic E-state index is -4.64. The lowest BCUT2D eigenvalue weighted by Crippen LogP contribution is -2.11. The largest absolute Gasteiger partial charge is 0.479 e. The topological polar surface area (TPSA) is 56.5 Å². The van der Waals surface area contributed by atoms with Crippen LogP contribution in [-0.2, 0) is 23.9 Å². The number of benzene rings is 2. The monoisotopic (exact) mass is 541 g/mol. The third-order valence-electron chi connectivity index (χ3n) is 7.46. The lowest BCUT2D eigenvalue weighted by atomic mass is 9.86. The average molecular weight is 542 g/mol. The van der Waals surface area contributed by atoms with Gasteiger partial charge < -0.3 is 4.74 Å². The van der Waals surface area contributed by atoms with E-state index < -0.39 is 11.9 Å². The van der Waals surface area contributed by atoms with Gasteiger partial charge in [-0.1, -0.05) is 18.2 Å². The standard InChI is InChI=1S/C30H31F4N3O2/c1-3-37-17-25(29(36-37)30(32,33)34)22-13-19(4-9-28-35-10-11-39-28)14-23(15-22)27(38)16-24(20-5-6-20)21-7-8-26(31)18(2)12-21/h7-8,12-15,17,20,24H,3-6,9-11,16H2,1-2H3/t24-/m0/s1. The number of hydrogen-bond donors (Lipinski definition) is 0. The Balaban J connectivity index is 1.50. The van der Waals surface area contributed by atoms with Gasteiger partial charge in [0, 0.05) is 36.7 Å². The van der Waals surface area contributed by atoms with E-state index in [1.807, 2.05) is 0 Å². The fourth-order valence-electron chi connectivity index (χ4n) is 5.21. The number of Topliss-reactive ketones (excluding diaryl/α,β-unsaturated/α-hetero) is 1. The van der Waals surface area contributed by atoms with Crippen molar-refractivity contribution in [1.29, 1.82) is 0 Å². The number of aryl methyl sites for hydroxylation is 3. The predicted molar refractivity (Wildman–Crippen MR) is 140 cm³/mol. The van der Waals surface area contributed by atoms with Gasteiger partial charge in [0.15, 0.2) is 17.4 Å². The highest BCUT2D eigenvalue weighted by Crippen LogP contribution is 2.45. The van der Waals surface area contributed by atoms with E-state index in [2.05, 4.69) is 10.1 Å². The lowest BCUT2D eigenvalue weighted by molar-refractivity contribution is -0.141. The molecule has 1 aromatic heterocycles. The molecule has 0 saturated heterocycles. The number of ketones is 1. The van der Waals surface area contributed by atoms with E-state index in [9.17, 15) is 22.4 Å². The van der Waals surface area contributed by atoms with Crippen LogP contribution in [0.3, 0.4) is 0 Å². The second-order valence-corrected chi connectivity index (χ2v) is 10.4. The van der Waals surface area contributed by atoms with E-state index in [0.717, 1.165) is 24.0 Å². The number of aliphatic imine (C=N–C) groups is 1. The Labute approximate surface area is 224 Å². The van der Waals surface area contributed by atoms with Crippen molar-refractivity contribution in [2.75, 3.05) is 13.2 Å². The maximum Gasteiger partial charge on any atom is 0.435 e. The molecule has 2 aromatic carbocycles. The van der Waals surface area contributed by atoms with E-state index in [1.165, 1.54) is 16.9 Å². The number of carbonyl (C=O) groups excluding carboxylic acids is 1. The van der Waals surface area contributed by atoms with Crippen LogP contribution < -0.4 is 0 Å². The number of hydrogen-bond acceptors (Lipinski definition) is 4. The molecule has 1 fully saturated rings. The molecular formula is C30H31F4N3O2. The van der Waals surface area contributed by atoms with Crippen LogP contribution >= 0.6 is 0 Å². The first kappa shape index (κ1) is 27.1. The number of carbonyl (C=O) groups is 1. The molecule has 2 aliphatic rings. The van der Waals surface area contributed by atoms with Crippen molar-refractivity contribution in [2.24, 2.45) is 10.9 Å². The van der Waals surface area contributed by atoms with Crippen LogP contribution in [0.25, 0.3) is 11.1 Å². The molecule has 1 aliphatic heterocycles. The number of aromatic nitrogens is 2. The molecule has 0 bridgehead atoms. The van der Waals surface area contributed by atoms with Crippen molar-refractivity contribution in [1.82, 2.24) is 9.78 Å². The van der Waals surface area contributed by atoms with Crippen LogP contribution in [0.4, 0.5) is 17.6 Å². The van der Waals surface area contributed by atoms with Crippen LogP contribution in [0, 0.1) is 18.7 Å². The molecular weight excluding hydrogens is 510 g/mol. The second kappa shape index (κ2) is 10.9. The highest BCUT2D eigenvalue weighted by atomic mass is 19.4. The van der Waals surface area contributed by atoms with E-state index in [1.54, 1.807) is 44.2 Å². The zero-order valence-electron chi connectivity index (χ0n) is 22.0. The van der Waals surface area contributed by atoms with Gasteiger partial charge in [-0.15, -0.1) is 0 Å². The van der Waals surface area contributed by atoms with E-state index >= 15 is 0 Å². The van der Waals surface area contributed by atoms with Gasteiger partial charge in [-0.2, -0.15) is 18.3 Å². The first-order valence-corrected chi connectivity index (χ1v) is 13.4. The van der Waals surface area contributed by atoms with E-state index in [-0.39, 0.29) is 36.0 Å². The lowest BCUT2D eigenvalue weighted by Gasteiger charge is -2.18. The maximum absolute atomic E-state index is 13.9. The summed E-state index contributed by atoms with van der Waals surface area (Å²) in [5, 5.41) is 3.76. The highest BCUT2D eigenvalue weighted by Gasteiger charge is 2.38. The average Bonchev–Trinajstić information content (AvgIpc) is 3.41. The predicted octanol–water partition coefficient (Wildman–Crippen LogP) is 7.16. The summed E-state index contributed by atoms with van der Waals surface area (Å²) >= 11 is 0. The molecule has 3 aromatic rings. The minimum Gasteiger partial charge on any atom is -0.479 e. The van der Waals surface area contributed by atoms with Crippen LogP contribution in [0.1, 0.15) is 71.3 Å². The van der Waals surface area contributed by atoms with Gasteiger partial charge in [0.05, 0.1) is 6.54 Å². The molecule has 1 atom stereocenters. The number of nitrogens with zero attached hydrogens (tertiary/aromatic N) is 3. The summed E-state index contributed by atoms with van der Waals surface area (Å²) in [7, 11) is 0. The quantitative estimate of drug-likeness (QED) is 0.202. The van der Waals surface area contributed by atoms with Crippen molar-refractivity contribution in [3.05, 3.63) is 76.4 Å². The number of halogens is 4. The van der Waals surface area contributed by atoms with Gasteiger partial charge >= 0.3 is 6.18 Å². The van der Waals surface area contributed by atoms with Gasteiger partial charge in [0.25, 0.3) is 0 Å². The molecule has 1 aliphatic carbocycles. The van der Waals surface area contributed by atoms with Gasteiger partial charge in [-0.05, 0) is 85.4 Å². The van der Waals surface area contributed by atoms with Crippen LogP contribution in [0.15, 0.2) is 47.6 Å². The van der Waals surface area contributed by atoms with Crippen molar-refractivity contribution in [3.63, 3.8) is 0 Å². The molecule has 0 N–H and O–H groups in total. The summed E-state index contributed by atoms with van der Waals surface area (Å²) in [4.78, 5) is 18.0. The Morgan fingerprint density at radius 1 is 1.15 bits per heavy atom. The number of alkyl halides is 3. The Bertz CT molecular complexity index is 1410. The molecule has 0 amide bonds. The summed E-state index contributed by atoms with van der Waals surface area (Å²) in [6.07, 6.45) is -0.0977. The van der Waals surface area contributed by atoms with Crippen molar-refractivity contribution >= 4 is 11.7 Å². The van der Waals surface area contributed by atoms with Crippen LogP contribution in [0.5, 0.6) is 0 Å². The van der Waals surface area contributed by atoms with Gasteiger partial charge in [-0.25, -0.2) is 4.39 Å². The van der Waals surface area contributed by atoms with Crippen molar-refractivity contribution in [2.45, 2.75) is 64.6 Å². The minimum absolute atomic E-state index is 0.0531. The molecule has 39 heavy (non-hydrogen) atoms. The third-order valence-corrected chi connectivity index (χ3v) is 7.46. The number of ether oxygens (including phenoxy) is 1. The summed E-state index contributed by atoms with van der Waals surface area (Å²) < 4.78 is 62.4. The molecule has 2 heterocycles. The summed E-state index contributed by atoms with van der Waals surface area (Å²) in [5.41, 5.74) is 1.81. The van der Waals surface area contributed by atoms with Gasteiger partial charge in [-0.3, -0.25) is 14.5 Å². The Morgan fingerprint density at radius 3 is 2.59 bits per heavy atom. The zero-order valence-corrected chi connectivity index (χ0v) is 22.0. The van der Waals surface area contributed by atoms with Gasteiger partial charge in [0.2, 0.25) is 0 Å². The zero-order chi connectivity index (χ0) is 27.7. The molecule has 0 unspecified atom stereocenters. The molecule has 9 heteroatoms. The maximum atomic E-state index is 13.9. The van der Waals surface area contributed by atoms with Gasteiger partial charge in [0.1, 0.15) is 12.4 Å². The van der Waals surface area contributed by atoms with Crippen LogP contribution in [-0.4, -0.2) is 34.6 Å².